The second-order valence-electron chi connectivity index (χ2n) is 7.10. The van der Waals surface area contributed by atoms with Gasteiger partial charge < -0.3 is 15.1 Å². The zero-order chi connectivity index (χ0) is 14.5. The van der Waals surface area contributed by atoms with Gasteiger partial charge >= 0.3 is 6.03 Å². The molecule has 3 fully saturated rings. The molecule has 2 heterocycles. The average Bonchev–Trinajstić information content (AvgIpc) is 2.57. The summed E-state index contributed by atoms with van der Waals surface area (Å²) in [6.07, 6.45) is 12.7. The molecule has 1 N–H and O–H groups in total. The van der Waals surface area contributed by atoms with Crippen molar-refractivity contribution in [2.45, 2.75) is 76.3 Å². The van der Waals surface area contributed by atoms with Crippen LogP contribution in [0, 0.1) is 0 Å². The molecule has 0 unspecified atom stereocenters. The van der Waals surface area contributed by atoms with E-state index < -0.39 is 0 Å². The molecule has 0 aromatic rings. The van der Waals surface area contributed by atoms with E-state index in [9.17, 15) is 4.79 Å². The lowest BCUT2D eigenvalue weighted by Crippen LogP contribution is -2.52. The molecule has 0 bridgehead atoms. The van der Waals surface area contributed by atoms with Crippen LogP contribution in [0.3, 0.4) is 0 Å². The van der Waals surface area contributed by atoms with E-state index in [1.54, 1.807) is 0 Å². The quantitative estimate of drug-likeness (QED) is 0.849. The number of nitrogens with zero attached hydrogens (tertiary/aromatic N) is 2. The van der Waals surface area contributed by atoms with Gasteiger partial charge in [0.1, 0.15) is 0 Å². The van der Waals surface area contributed by atoms with Crippen molar-refractivity contribution in [3.05, 3.63) is 0 Å². The van der Waals surface area contributed by atoms with E-state index in [4.69, 9.17) is 0 Å². The highest BCUT2D eigenvalue weighted by atomic mass is 16.2. The van der Waals surface area contributed by atoms with Gasteiger partial charge in [0.25, 0.3) is 0 Å². The second-order valence-corrected chi connectivity index (χ2v) is 7.10. The van der Waals surface area contributed by atoms with Gasteiger partial charge in [-0.2, -0.15) is 0 Å². The molecule has 3 rings (SSSR count). The highest BCUT2D eigenvalue weighted by molar-refractivity contribution is 5.74. The summed E-state index contributed by atoms with van der Waals surface area (Å²) in [5.41, 5.74) is 0. The van der Waals surface area contributed by atoms with Gasteiger partial charge in [0, 0.05) is 25.2 Å². The Labute approximate surface area is 129 Å². The predicted octanol–water partition coefficient (Wildman–Crippen LogP) is 2.98. The number of likely N-dealkylation sites (tertiary alicyclic amines) is 2. The number of carbonyl (C=O) groups excluding carboxylic acids is 1. The Kier molecular flexibility index (Phi) is 5.39. The topological polar surface area (TPSA) is 35.6 Å². The van der Waals surface area contributed by atoms with E-state index in [1.165, 1.54) is 64.5 Å². The third-order valence-electron chi connectivity index (χ3n) is 5.59. The van der Waals surface area contributed by atoms with Crippen LogP contribution in [0.4, 0.5) is 4.79 Å². The van der Waals surface area contributed by atoms with Crippen molar-refractivity contribution in [3.63, 3.8) is 0 Å². The van der Waals surface area contributed by atoms with Crippen molar-refractivity contribution >= 4 is 6.03 Å². The maximum atomic E-state index is 12.4. The molecule has 0 aromatic heterocycles. The summed E-state index contributed by atoms with van der Waals surface area (Å²) in [5.74, 6) is 0. The smallest absolute Gasteiger partial charge is 0.317 e. The summed E-state index contributed by atoms with van der Waals surface area (Å²) in [6.45, 7) is 4.44. The normalized spacial score (nSPS) is 26.8. The fraction of sp³-hybridized carbons (Fsp3) is 0.941. The molecule has 0 atom stereocenters. The number of amides is 2. The molecule has 0 spiro atoms. The molecule has 2 amide bonds. The Hall–Kier alpha value is -0.770. The van der Waals surface area contributed by atoms with E-state index in [2.05, 4.69) is 15.1 Å². The monoisotopic (exact) mass is 293 g/mol. The van der Waals surface area contributed by atoms with Crippen LogP contribution < -0.4 is 5.32 Å². The van der Waals surface area contributed by atoms with Crippen LogP contribution in [0.1, 0.15) is 64.2 Å². The minimum absolute atomic E-state index is 0.194. The highest BCUT2D eigenvalue weighted by Crippen LogP contribution is 2.22. The fourth-order valence-corrected chi connectivity index (χ4v) is 4.23. The van der Waals surface area contributed by atoms with E-state index in [1.807, 2.05) is 0 Å². The Bertz CT molecular complexity index is 327. The van der Waals surface area contributed by atoms with Crippen LogP contribution in [0.2, 0.25) is 0 Å². The lowest BCUT2D eigenvalue weighted by molar-refractivity contribution is 0.1000. The molecule has 2 saturated heterocycles. The van der Waals surface area contributed by atoms with Gasteiger partial charge in [-0.3, -0.25) is 0 Å². The van der Waals surface area contributed by atoms with Gasteiger partial charge in [-0.25, -0.2) is 4.79 Å². The van der Waals surface area contributed by atoms with Gasteiger partial charge in [-0.15, -0.1) is 0 Å². The van der Waals surface area contributed by atoms with Crippen molar-refractivity contribution in [2.24, 2.45) is 0 Å². The Morgan fingerprint density at radius 1 is 0.762 bits per heavy atom. The van der Waals surface area contributed by atoms with E-state index in [-0.39, 0.29) is 6.03 Å². The van der Waals surface area contributed by atoms with E-state index in [0.717, 1.165) is 32.0 Å². The number of carbonyl (C=O) groups is 1. The first-order valence-corrected chi connectivity index (χ1v) is 9.12. The summed E-state index contributed by atoms with van der Waals surface area (Å²) >= 11 is 0. The van der Waals surface area contributed by atoms with Gasteiger partial charge in [0.2, 0.25) is 0 Å². The summed E-state index contributed by atoms with van der Waals surface area (Å²) in [7, 11) is 0. The zero-order valence-corrected chi connectivity index (χ0v) is 13.4. The van der Waals surface area contributed by atoms with Gasteiger partial charge in [-0.05, 0) is 51.6 Å². The van der Waals surface area contributed by atoms with E-state index in [0.29, 0.717) is 6.04 Å². The summed E-state index contributed by atoms with van der Waals surface area (Å²) < 4.78 is 0. The van der Waals surface area contributed by atoms with Crippen molar-refractivity contribution in [3.8, 4) is 0 Å². The van der Waals surface area contributed by atoms with Crippen molar-refractivity contribution in [2.75, 3.05) is 26.2 Å². The molecule has 0 aromatic carbocycles. The number of urea groups is 1. The Morgan fingerprint density at radius 3 is 2.05 bits per heavy atom. The number of rotatable bonds is 2. The first-order chi connectivity index (χ1) is 10.3. The Balaban J connectivity index is 1.40. The van der Waals surface area contributed by atoms with Crippen LogP contribution in [0.25, 0.3) is 0 Å². The number of piperidine rings is 2. The highest BCUT2D eigenvalue weighted by Gasteiger charge is 2.28. The maximum absolute atomic E-state index is 12.4. The van der Waals surface area contributed by atoms with Crippen LogP contribution in [-0.4, -0.2) is 54.1 Å². The molecule has 1 saturated carbocycles. The van der Waals surface area contributed by atoms with Crippen LogP contribution in [0.15, 0.2) is 0 Å². The molecule has 2 aliphatic heterocycles. The standard InChI is InChI=1S/C17H31N3O/c21-17(18-15-7-3-1-4-8-15)20-13-9-16(10-14-20)19-11-5-2-6-12-19/h15-16H,1-14H2,(H,18,21). The first-order valence-electron chi connectivity index (χ1n) is 9.12. The fourth-order valence-electron chi connectivity index (χ4n) is 4.23. The number of nitrogens with one attached hydrogen (secondary N) is 1. The predicted molar refractivity (Wildman–Crippen MR) is 85.4 cm³/mol. The minimum Gasteiger partial charge on any atom is -0.335 e. The van der Waals surface area contributed by atoms with Gasteiger partial charge in [0.15, 0.2) is 0 Å². The zero-order valence-electron chi connectivity index (χ0n) is 13.4. The third-order valence-corrected chi connectivity index (χ3v) is 5.59. The molecule has 4 nitrogen and oxygen atoms in total. The lowest BCUT2D eigenvalue weighted by Gasteiger charge is -2.40. The van der Waals surface area contributed by atoms with Crippen LogP contribution in [0.5, 0.6) is 0 Å². The molecule has 1 aliphatic carbocycles. The van der Waals surface area contributed by atoms with E-state index >= 15 is 0 Å². The molecule has 21 heavy (non-hydrogen) atoms. The van der Waals surface area contributed by atoms with Gasteiger partial charge in [-0.1, -0.05) is 25.7 Å². The summed E-state index contributed by atoms with van der Waals surface area (Å²) in [6, 6.07) is 1.36. The minimum atomic E-state index is 0.194. The first kappa shape index (κ1) is 15.1. The maximum Gasteiger partial charge on any atom is 0.317 e. The second kappa shape index (κ2) is 7.48. The molecular weight excluding hydrogens is 262 g/mol. The number of hydrogen-bond acceptors (Lipinski definition) is 2. The molecule has 3 aliphatic rings. The Morgan fingerprint density at radius 2 is 1.38 bits per heavy atom. The van der Waals surface area contributed by atoms with Crippen LogP contribution in [-0.2, 0) is 0 Å². The molecule has 120 valence electrons. The SMILES string of the molecule is O=C(NC1CCCCC1)N1CCC(N2CCCCC2)CC1. The molecule has 0 radical (unpaired) electrons. The van der Waals surface area contributed by atoms with Crippen molar-refractivity contribution in [1.82, 2.24) is 15.1 Å². The molecule has 4 heteroatoms. The third kappa shape index (κ3) is 4.12. The van der Waals surface area contributed by atoms with Crippen molar-refractivity contribution < 1.29 is 4.79 Å². The number of hydrogen-bond donors (Lipinski definition) is 1. The largest absolute Gasteiger partial charge is 0.335 e. The van der Waals surface area contributed by atoms with Crippen molar-refractivity contribution in [1.29, 1.82) is 0 Å². The lowest BCUT2D eigenvalue weighted by atomic mass is 9.95. The molecular formula is C17H31N3O. The average molecular weight is 293 g/mol. The summed E-state index contributed by atoms with van der Waals surface area (Å²) in [4.78, 5) is 17.1. The summed E-state index contributed by atoms with van der Waals surface area (Å²) in [5, 5.41) is 3.26. The van der Waals surface area contributed by atoms with Crippen LogP contribution >= 0.6 is 0 Å². The van der Waals surface area contributed by atoms with Gasteiger partial charge in [0.05, 0.1) is 0 Å².